The van der Waals surface area contributed by atoms with Crippen molar-refractivity contribution in [1.82, 2.24) is 9.88 Å². The molecule has 7 heteroatoms. The number of hydrogen-bond acceptors (Lipinski definition) is 5. The molecule has 138 valence electrons. The number of nitrogen functional groups attached to an aromatic ring is 1. The van der Waals surface area contributed by atoms with Crippen molar-refractivity contribution in [2.24, 2.45) is 5.92 Å². The number of anilines is 2. The van der Waals surface area contributed by atoms with Crippen LogP contribution in [0.15, 0.2) is 42.6 Å². The molecule has 0 unspecified atom stereocenters. The molecule has 2 aromatic rings. The summed E-state index contributed by atoms with van der Waals surface area (Å²) in [5.74, 6) is -1.10. The second kappa shape index (κ2) is 7.87. The van der Waals surface area contributed by atoms with Crippen LogP contribution in [0.25, 0.3) is 0 Å². The van der Waals surface area contributed by atoms with Crippen LogP contribution in [0.2, 0.25) is 0 Å². The second-order valence-electron chi connectivity index (χ2n) is 6.66. The van der Waals surface area contributed by atoms with Gasteiger partial charge in [-0.2, -0.15) is 5.26 Å². The molecule has 1 aliphatic heterocycles. The van der Waals surface area contributed by atoms with Crippen LogP contribution in [0.5, 0.6) is 0 Å². The van der Waals surface area contributed by atoms with Gasteiger partial charge in [0.1, 0.15) is 5.82 Å². The first-order valence-corrected chi connectivity index (χ1v) is 8.78. The molecule has 2 amide bonds. The molecule has 0 radical (unpaired) electrons. The number of hydrogen-bond donors (Lipinski definition) is 2. The number of nitrogens with one attached hydrogen (secondary N) is 1. The molecule has 1 aromatic heterocycles. The summed E-state index contributed by atoms with van der Waals surface area (Å²) in [6, 6.07) is 13.1. The number of aromatic nitrogens is 1. The molecular weight excluding hydrogens is 342 g/mol. The maximum absolute atomic E-state index is 12.8. The summed E-state index contributed by atoms with van der Waals surface area (Å²) in [5.41, 5.74) is 7.74. The first kappa shape index (κ1) is 18.4. The van der Waals surface area contributed by atoms with Gasteiger partial charge in [-0.3, -0.25) is 9.59 Å². The van der Waals surface area contributed by atoms with Crippen LogP contribution in [-0.4, -0.2) is 28.2 Å². The number of aryl methyl sites for hydroxylation is 1. The molecular formula is C20H21N5O2. The number of nitriles is 1. The van der Waals surface area contributed by atoms with Gasteiger partial charge in [-0.15, -0.1) is 0 Å². The van der Waals surface area contributed by atoms with Crippen molar-refractivity contribution in [3.63, 3.8) is 0 Å². The Morgan fingerprint density at radius 3 is 2.74 bits per heavy atom. The molecule has 3 rings (SSSR count). The van der Waals surface area contributed by atoms with E-state index in [1.807, 2.05) is 30.3 Å². The molecule has 0 spiro atoms. The average Bonchev–Trinajstić information content (AvgIpc) is 2.70. The van der Waals surface area contributed by atoms with Crippen molar-refractivity contribution in [3.05, 3.63) is 53.7 Å². The standard InChI is InChI=1S/C20H21N5O2/c1-13-9-16(12-23-18(13)22)24-19(26)20(27)25-8-7-14(11-21)10-17(25)15-5-3-2-4-6-15/h2-6,9,12,14,17H,7-8,10H2,1H3,(H2,22,23)(H,24,26)/t14-,17+/m0/s1. The van der Waals surface area contributed by atoms with Crippen molar-refractivity contribution in [2.45, 2.75) is 25.8 Å². The number of piperidine rings is 1. The largest absolute Gasteiger partial charge is 0.383 e. The van der Waals surface area contributed by atoms with E-state index in [1.165, 1.54) is 6.20 Å². The van der Waals surface area contributed by atoms with E-state index in [9.17, 15) is 14.9 Å². The lowest BCUT2D eigenvalue weighted by molar-refractivity contribution is -0.146. The Morgan fingerprint density at radius 1 is 1.33 bits per heavy atom. The Morgan fingerprint density at radius 2 is 2.07 bits per heavy atom. The molecule has 1 saturated heterocycles. The molecule has 3 N–H and O–H groups in total. The maximum Gasteiger partial charge on any atom is 0.313 e. The van der Waals surface area contributed by atoms with Gasteiger partial charge in [0, 0.05) is 6.54 Å². The third kappa shape index (κ3) is 4.06. The molecule has 1 aromatic carbocycles. The van der Waals surface area contributed by atoms with Gasteiger partial charge in [-0.25, -0.2) is 4.98 Å². The summed E-state index contributed by atoms with van der Waals surface area (Å²) in [7, 11) is 0. The number of pyridine rings is 1. The minimum Gasteiger partial charge on any atom is -0.383 e. The highest BCUT2D eigenvalue weighted by molar-refractivity contribution is 6.39. The summed E-state index contributed by atoms with van der Waals surface area (Å²) in [5, 5.41) is 11.9. The fourth-order valence-electron chi connectivity index (χ4n) is 3.29. The number of nitrogens with zero attached hydrogens (tertiary/aromatic N) is 3. The first-order valence-electron chi connectivity index (χ1n) is 8.78. The number of carbonyl (C=O) groups is 2. The van der Waals surface area contributed by atoms with Crippen molar-refractivity contribution < 1.29 is 9.59 Å². The lowest BCUT2D eigenvalue weighted by Crippen LogP contribution is -2.46. The number of amides is 2. The van der Waals surface area contributed by atoms with Crippen LogP contribution in [-0.2, 0) is 9.59 Å². The van der Waals surface area contributed by atoms with Crippen LogP contribution < -0.4 is 11.1 Å². The highest BCUT2D eigenvalue weighted by Gasteiger charge is 2.35. The quantitative estimate of drug-likeness (QED) is 0.796. The van der Waals surface area contributed by atoms with Gasteiger partial charge in [-0.1, -0.05) is 30.3 Å². The van der Waals surface area contributed by atoms with Gasteiger partial charge < -0.3 is 16.0 Å². The number of carbonyl (C=O) groups excluding carboxylic acids is 2. The van der Waals surface area contributed by atoms with Crippen LogP contribution in [0, 0.1) is 24.2 Å². The molecule has 2 heterocycles. The van der Waals surface area contributed by atoms with E-state index in [4.69, 9.17) is 5.73 Å². The molecule has 1 aliphatic rings. The molecule has 0 bridgehead atoms. The Kier molecular flexibility index (Phi) is 5.36. The smallest absolute Gasteiger partial charge is 0.313 e. The minimum absolute atomic E-state index is 0.133. The zero-order valence-electron chi connectivity index (χ0n) is 15.1. The predicted molar refractivity (Wildman–Crippen MR) is 101 cm³/mol. The topological polar surface area (TPSA) is 112 Å². The number of benzene rings is 1. The van der Waals surface area contributed by atoms with E-state index in [1.54, 1.807) is 17.9 Å². The SMILES string of the molecule is Cc1cc(NC(=O)C(=O)N2CC[C@H](C#N)C[C@@H]2c2ccccc2)cnc1N. The Balaban J connectivity index is 1.79. The molecule has 27 heavy (non-hydrogen) atoms. The van der Waals surface area contributed by atoms with Crippen LogP contribution in [0.3, 0.4) is 0 Å². The fourth-order valence-corrected chi connectivity index (χ4v) is 3.29. The van der Waals surface area contributed by atoms with Crippen molar-refractivity contribution in [1.29, 1.82) is 5.26 Å². The number of likely N-dealkylation sites (tertiary alicyclic amines) is 1. The van der Waals surface area contributed by atoms with Crippen LogP contribution >= 0.6 is 0 Å². The lowest BCUT2D eigenvalue weighted by Gasteiger charge is -2.37. The van der Waals surface area contributed by atoms with Gasteiger partial charge in [0.05, 0.1) is 29.9 Å². The van der Waals surface area contributed by atoms with E-state index in [0.717, 1.165) is 11.1 Å². The average molecular weight is 363 g/mol. The lowest BCUT2D eigenvalue weighted by atomic mass is 9.88. The third-order valence-electron chi connectivity index (χ3n) is 4.80. The highest BCUT2D eigenvalue weighted by Crippen LogP contribution is 2.34. The van der Waals surface area contributed by atoms with E-state index in [0.29, 0.717) is 30.9 Å². The molecule has 7 nitrogen and oxygen atoms in total. The fraction of sp³-hybridized carbons (Fsp3) is 0.300. The number of nitrogens with two attached hydrogens (primary N) is 1. The van der Waals surface area contributed by atoms with Gasteiger partial charge in [0.25, 0.3) is 0 Å². The van der Waals surface area contributed by atoms with E-state index < -0.39 is 11.8 Å². The van der Waals surface area contributed by atoms with Gasteiger partial charge in [-0.05, 0) is 37.0 Å². The minimum atomic E-state index is -0.725. The normalized spacial score (nSPS) is 19.2. The predicted octanol–water partition coefficient (Wildman–Crippen LogP) is 2.41. The summed E-state index contributed by atoms with van der Waals surface area (Å²) in [6.45, 7) is 2.14. The second-order valence-corrected chi connectivity index (χ2v) is 6.66. The van der Waals surface area contributed by atoms with Gasteiger partial charge >= 0.3 is 11.8 Å². The highest BCUT2D eigenvalue weighted by atomic mass is 16.2. The zero-order valence-corrected chi connectivity index (χ0v) is 15.1. The summed E-state index contributed by atoms with van der Waals surface area (Å²) in [6.07, 6.45) is 2.49. The van der Waals surface area contributed by atoms with Crippen LogP contribution in [0.1, 0.15) is 30.0 Å². The number of rotatable bonds is 2. The van der Waals surface area contributed by atoms with E-state index >= 15 is 0 Å². The van der Waals surface area contributed by atoms with Gasteiger partial charge in [0.15, 0.2) is 0 Å². The molecule has 1 fully saturated rings. The summed E-state index contributed by atoms with van der Waals surface area (Å²) in [4.78, 5) is 30.9. The Hall–Kier alpha value is -3.40. The summed E-state index contributed by atoms with van der Waals surface area (Å²) >= 11 is 0. The monoisotopic (exact) mass is 363 g/mol. The zero-order chi connectivity index (χ0) is 19.4. The van der Waals surface area contributed by atoms with E-state index in [-0.39, 0.29) is 12.0 Å². The molecule has 0 aliphatic carbocycles. The Bertz CT molecular complexity index is 891. The van der Waals surface area contributed by atoms with Crippen LogP contribution in [0.4, 0.5) is 11.5 Å². The molecule has 0 saturated carbocycles. The first-order chi connectivity index (χ1) is 13.0. The summed E-state index contributed by atoms with van der Waals surface area (Å²) < 4.78 is 0. The van der Waals surface area contributed by atoms with Gasteiger partial charge in [0.2, 0.25) is 0 Å². The van der Waals surface area contributed by atoms with Crippen molar-refractivity contribution >= 4 is 23.3 Å². The van der Waals surface area contributed by atoms with E-state index in [2.05, 4.69) is 16.4 Å². The van der Waals surface area contributed by atoms with Crippen molar-refractivity contribution in [2.75, 3.05) is 17.6 Å². The maximum atomic E-state index is 12.8. The van der Waals surface area contributed by atoms with Crippen molar-refractivity contribution in [3.8, 4) is 6.07 Å². The Labute approximate surface area is 157 Å². The third-order valence-corrected chi connectivity index (χ3v) is 4.80. The molecule has 2 atom stereocenters.